The van der Waals surface area contributed by atoms with Crippen LogP contribution in [-0.2, 0) is 30.4 Å². The second-order valence-corrected chi connectivity index (χ2v) is 14.1. The predicted molar refractivity (Wildman–Crippen MR) is 207 cm³/mol. The first-order valence-corrected chi connectivity index (χ1v) is 18.7. The maximum Gasteiger partial charge on any atom is 0.267 e. The third kappa shape index (κ3) is 9.27. The van der Waals surface area contributed by atoms with Crippen molar-refractivity contribution in [2.75, 3.05) is 33.3 Å². The third-order valence-electron chi connectivity index (χ3n) is 10.1. The number of aryl methyl sites for hydroxylation is 1. The zero-order chi connectivity index (χ0) is 42.4. The van der Waals surface area contributed by atoms with Crippen molar-refractivity contribution in [3.63, 3.8) is 0 Å². The Morgan fingerprint density at radius 3 is 2.46 bits per heavy atom. The molecule has 18 heteroatoms. The molecule has 1 saturated heterocycles. The lowest BCUT2D eigenvalue weighted by Gasteiger charge is -2.27. The summed E-state index contributed by atoms with van der Waals surface area (Å²) in [6.45, 7) is -0.537. The van der Waals surface area contributed by atoms with Crippen LogP contribution in [0.3, 0.4) is 0 Å². The molecule has 2 atom stereocenters. The molecule has 0 bridgehead atoms. The Kier molecular flexibility index (Phi) is 12.5. The van der Waals surface area contributed by atoms with E-state index in [9.17, 15) is 48.3 Å². The summed E-state index contributed by atoms with van der Waals surface area (Å²) in [6, 6.07) is 14.3. The van der Waals surface area contributed by atoms with E-state index in [4.69, 9.17) is 10.5 Å². The number of phenolic OH excluding ortho intramolecular Hbond substituents is 1. The number of aromatic hydroxyl groups is 1. The highest BCUT2D eigenvalue weighted by Gasteiger charge is 2.46. The SMILES string of the molecule is CN(CCNC(=O)CCNC(=O)COc1cccc2c1C(=O)N(C1CCC(=O)NC1=O)C2=O)C(=O)c1ccc(C(=O)C=C(N)C(=O)N[C@@H]2CCc3ccccc32)cc1O. The summed E-state index contributed by atoms with van der Waals surface area (Å²) in [5.41, 5.74) is 7.54. The highest BCUT2D eigenvalue weighted by atomic mass is 16.5. The minimum Gasteiger partial charge on any atom is -0.507 e. The monoisotopic (exact) mass is 807 g/mol. The van der Waals surface area contributed by atoms with Crippen LogP contribution in [0, 0.1) is 0 Å². The molecule has 3 aromatic carbocycles. The lowest BCUT2D eigenvalue weighted by atomic mass is 10.0. The maximum atomic E-state index is 13.2. The molecule has 0 aromatic heterocycles. The number of ether oxygens (including phenoxy) is 1. The molecular weight excluding hydrogens is 766 g/mol. The summed E-state index contributed by atoms with van der Waals surface area (Å²) in [5, 5.41) is 20.7. The van der Waals surface area contributed by atoms with Gasteiger partial charge in [0.1, 0.15) is 23.2 Å². The number of phenols is 1. The van der Waals surface area contributed by atoms with Crippen LogP contribution in [0.1, 0.15) is 84.3 Å². The van der Waals surface area contributed by atoms with Crippen molar-refractivity contribution in [1.29, 1.82) is 0 Å². The molecule has 0 saturated carbocycles. The standard InChI is InChI=1S/C41H41N7O11/c1-47(39(56)25-11-9-23(19-31(25)50)30(49)20-27(42)37(54)45-28-12-10-22-5-2-3-6-24(22)28)18-17-44-33(51)15-16-43-35(53)21-59-32-8-4-7-26-36(32)41(58)48(40(26)57)29-13-14-34(52)46-38(29)55/h2-9,11,19-20,28-29,50H,10,12-18,21,42H2,1H3,(H,43,53)(H,44,51)(H,45,54)(H,46,52,55)/t28-,29?/m1/s1. The topological polar surface area (TPSA) is 264 Å². The number of rotatable bonds is 15. The van der Waals surface area contributed by atoms with Crippen molar-refractivity contribution in [1.82, 2.24) is 31.1 Å². The highest BCUT2D eigenvalue weighted by molar-refractivity contribution is 6.24. The molecular formula is C41H41N7O11. The number of carbonyl (C=O) groups is 9. The first kappa shape index (κ1) is 41.3. The molecule has 2 heterocycles. The molecule has 1 fully saturated rings. The third-order valence-corrected chi connectivity index (χ3v) is 10.1. The van der Waals surface area contributed by atoms with Crippen LogP contribution < -0.4 is 31.7 Å². The van der Waals surface area contributed by atoms with Crippen LogP contribution in [0.5, 0.6) is 11.5 Å². The van der Waals surface area contributed by atoms with Crippen molar-refractivity contribution in [3.05, 3.63) is 106 Å². The molecule has 6 rings (SSSR count). The molecule has 8 amide bonds. The fraction of sp³-hybridized carbons (Fsp3) is 0.293. The molecule has 1 unspecified atom stereocenters. The van der Waals surface area contributed by atoms with Gasteiger partial charge in [0, 0.05) is 51.2 Å². The summed E-state index contributed by atoms with van der Waals surface area (Å²) in [4.78, 5) is 116. The van der Waals surface area contributed by atoms with E-state index in [1.54, 1.807) is 0 Å². The summed E-state index contributed by atoms with van der Waals surface area (Å²) in [5.74, 6) is -6.19. The van der Waals surface area contributed by atoms with Crippen molar-refractivity contribution < 1.29 is 53.0 Å². The van der Waals surface area contributed by atoms with Crippen LogP contribution >= 0.6 is 0 Å². The van der Waals surface area contributed by atoms with E-state index in [0.717, 1.165) is 34.6 Å². The van der Waals surface area contributed by atoms with Gasteiger partial charge >= 0.3 is 0 Å². The van der Waals surface area contributed by atoms with Crippen molar-refractivity contribution in [3.8, 4) is 11.5 Å². The quantitative estimate of drug-likeness (QED) is 0.0693. The van der Waals surface area contributed by atoms with Gasteiger partial charge in [0.15, 0.2) is 12.4 Å². The molecule has 0 spiro atoms. The number of nitrogens with zero attached hydrogens (tertiary/aromatic N) is 2. The predicted octanol–water partition coefficient (Wildman–Crippen LogP) is 0.396. The zero-order valence-electron chi connectivity index (χ0n) is 31.9. The first-order valence-electron chi connectivity index (χ1n) is 18.7. The second-order valence-electron chi connectivity index (χ2n) is 14.1. The molecule has 18 nitrogen and oxygen atoms in total. The van der Waals surface area contributed by atoms with Gasteiger partial charge in [-0.3, -0.25) is 53.4 Å². The lowest BCUT2D eigenvalue weighted by molar-refractivity contribution is -0.136. The molecule has 3 aliphatic rings. The highest BCUT2D eigenvalue weighted by Crippen LogP contribution is 2.34. The number of piperidine rings is 1. The molecule has 0 radical (unpaired) electrons. The Hall–Kier alpha value is -7.37. The van der Waals surface area contributed by atoms with Gasteiger partial charge in [-0.1, -0.05) is 30.3 Å². The number of hydrogen-bond donors (Lipinski definition) is 6. The van der Waals surface area contributed by atoms with Gasteiger partial charge in [0.25, 0.3) is 29.5 Å². The van der Waals surface area contributed by atoms with Crippen LogP contribution in [-0.4, -0.2) is 107 Å². The van der Waals surface area contributed by atoms with Crippen molar-refractivity contribution in [2.24, 2.45) is 5.73 Å². The van der Waals surface area contributed by atoms with E-state index in [1.807, 2.05) is 24.3 Å². The summed E-state index contributed by atoms with van der Waals surface area (Å²) >= 11 is 0. The van der Waals surface area contributed by atoms with Gasteiger partial charge in [0.2, 0.25) is 17.7 Å². The van der Waals surface area contributed by atoms with Crippen molar-refractivity contribution in [2.45, 2.75) is 44.2 Å². The summed E-state index contributed by atoms with van der Waals surface area (Å²) in [6.07, 6.45) is 2.31. The maximum absolute atomic E-state index is 13.2. The average molecular weight is 808 g/mol. The van der Waals surface area contributed by atoms with Gasteiger partial charge in [-0.15, -0.1) is 0 Å². The Morgan fingerprint density at radius 1 is 0.932 bits per heavy atom. The second kappa shape index (κ2) is 17.8. The molecule has 59 heavy (non-hydrogen) atoms. The number of imide groups is 2. The van der Waals surface area contributed by atoms with E-state index in [0.29, 0.717) is 6.42 Å². The van der Waals surface area contributed by atoms with E-state index >= 15 is 0 Å². The minimum absolute atomic E-state index is 0.00289. The average Bonchev–Trinajstić information content (AvgIpc) is 3.73. The number of benzene rings is 3. The van der Waals surface area contributed by atoms with Gasteiger partial charge < -0.3 is 36.4 Å². The smallest absolute Gasteiger partial charge is 0.267 e. The van der Waals surface area contributed by atoms with Crippen LogP contribution in [0.2, 0.25) is 0 Å². The van der Waals surface area contributed by atoms with E-state index in [-0.39, 0.29) is 78.6 Å². The molecule has 1 aliphatic carbocycles. The number of fused-ring (bicyclic) bond motifs is 2. The number of carbonyl (C=O) groups excluding carboxylic acids is 9. The molecule has 306 valence electrons. The Bertz CT molecular complexity index is 2310. The van der Waals surface area contributed by atoms with Crippen LogP contribution in [0.25, 0.3) is 0 Å². The minimum atomic E-state index is -1.16. The number of nitrogens with two attached hydrogens (primary N) is 1. The van der Waals surface area contributed by atoms with Crippen LogP contribution in [0.15, 0.2) is 72.4 Å². The Balaban J connectivity index is 0.903. The van der Waals surface area contributed by atoms with E-state index < -0.39 is 71.4 Å². The number of likely N-dealkylation sites (N-methyl/N-ethyl adjacent to an activating group) is 1. The number of allylic oxidation sites excluding steroid dienone is 1. The zero-order valence-corrected chi connectivity index (χ0v) is 31.9. The Labute approximate surface area is 337 Å². The van der Waals surface area contributed by atoms with E-state index in [1.165, 1.54) is 42.3 Å². The number of hydrogen-bond acceptors (Lipinski definition) is 12. The van der Waals surface area contributed by atoms with Gasteiger partial charge in [-0.25, -0.2) is 0 Å². The fourth-order valence-electron chi connectivity index (χ4n) is 6.98. The number of nitrogens with one attached hydrogen (secondary N) is 4. The van der Waals surface area contributed by atoms with Gasteiger partial charge in [-0.2, -0.15) is 0 Å². The Morgan fingerprint density at radius 2 is 1.69 bits per heavy atom. The molecule has 2 aliphatic heterocycles. The summed E-state index contributed by atoms with van der Waals surface area (Å²) < 4.78 is 5.54. The van der Waals surface area contributed by atoms with Crippen molar-refractivity contribution >= 4 is 53.0 Å². The number of ketones is 1. The lowest BCUT2D eigenvalue weighted by Crippen LogP contribution is -2.54. The van der Waals surface area contributed by atoms with Gasteiger partial charge in [0.05, 0.1) is 22.7 Å². The number of amides is 8. The largest absolute Gasteiger partial charge is 0.507 e. The first-order chi connectivity index (χ1) is 28.2. The molecule has 3 aromatic rings. The molecule has 7 N–H and O–H groups in total. The van der Waals surface area contributed by atoms with Crippen LogP contribution in [0.4, 0.5) is 0 Å². The fourth-order valence-corrected chi connectivity index (χ4v) is 6.98. The van der Waals surface area contributed by atoms with E-state index in [2.05, 4.69) is 21.3 Å². The summed E-state index contributed by atoms with van der Waals surface area (Å²) in [7, 11) is 1.45. The normalized spacial score (nSPS) is 17.1. The van der Waals surface area contributed by atoms with Gasteiger partial charge in [-0.05, 0) is 60.7 Å².